The van der Waals surface area contributed by atoms with Gasteiger partial charge in [-0.15, -0.1) is 0 Å². The molecule has 1 fully saturated rings. The molecular formula is C22H28N4O4. The normalized spacial score (nSPS) is 14.3. The number of hydrogen-bond donors (Lipinski definition) is 2. The molecule has 1 amide bonds. The number of piperidine rings is 1. The minimum Gasteiger partial charge on any atom is -0.478 e. The number of ether oxygens (including phenoxy) is 1. The van der Waals surface area contributed by atoms with Crippen LogP contribution in [0.4, 0.5) is 11.6 Å². The molecule has 0 aliphatic carbocycles. The molecule has 30 heavy (non-hydrogen) atoms. The Hall–Kier alpha value is -3.16. The monoisotopic (exact) mass is 412 g/mol. The average Bonchev–Trinajstić information content (AvgIpc) is 2.74. The Morgan fingerprint density at radius 3 is 2.50 bits per heavy atom. The second-order valence-corrected chi connectivity index (χ2v) is 7.92. The van der Waals surface area contributed by atoms with E-state index in [1.807, 2.05) is 12.1 Å². The number of aliphatic carboxylic acids is 1. The number of benzene rings is 1. The van der Waals surface area contributed by atoms with Crippen LogP contribution in [0.15, 0.2) is 36.7 Å². The summed E-state index contributed by atoms with van der Waals surface area (Å²) in [5.41, 5.74) is -0.343. The highest BCUT2D eigenvalue weighted by Crippen LogP contribution is 2.20. The average molecular weight is 412 g/mol. The van der Waals surface area contributed by atoms with Crippen LogP contribution in [0.1, 0.15) is 45.1 Å². The zero-order chi connectivity index (χ0) is 21.6. The van der Waals surface area contributed by atoms with Crippen molar-refractivity contribution < 1.29 is 19.4 Å². The molecule has 1 aliphatic rings. The van der Waals surface area contributed by atoms with Crippen molar-refractivity contribution in [2.45, 2.75) is 51.6 Å². The van der Waals surface area contributed by atoms with E-state index in [0.717, 1.165) is 37.3 Å². The van der Waals surface area contributed by atoms with E-state index in [0.29, 0.717) is 24.4 Å². The van der Waals surface area contributed by atoms with Crippen LogP contribution in [0, 0.1) is 0 Å². The number of amides is 1. The molecule has 0 unspecified atom stereocenters. The molecule has 2 heterocycles. The van der Waals surface area contributed by atoms with E-state index >= 15 is 0 Å². The molecule has 8 nitrogen and oxygen atoms in total. The molecule has 2 aromatic rings. The summed E-state index contributed by atoms with van der Waals surface area (Å²) < 4.78 is 5.49. The van der Waals surface area contributed by atoms with Crippen molar-refractivity contribution in [2.75, 3.05) is 23.3 Å². The van der Waals surface area contributed by atoms with E-state index < -0.39 is 11.6 Å². The van der Waals surface area contributed by atoms with E-state index in [-0.39, 0.29) is 5.91 Å². The third kappa shape index (κ3) is 5.92. The first-order valence-electron chi connectivity index (χ1n) is 10.2. The number of aryl methyl sites for hydroxylation is 1. The minimum absolute atomic E-state index is 0.132. The Balaban J connectivity index is 1.50. The van der Waals surface area contributed by atoms with Gasteiger partial charge in [0.15, 0.2) is 11.4 Å². The number of carbonyl (C=O) groups excluding carboxylic acids is 1. The van der Waals surface area contributed by atoms with E-state index in [9.17, 15) is 9.59 Å². The third-order valence-electron chi connectivity index (χ3n) is 5.02. The third-order valence-corrected chi connectivity index (χ3v) is 5.02. The van der Waals surface area contributed by atoms with Gasteiger partial charge in [0, 0.05) is 19.5 Å². The lowest BCUT2D eigenvalue weighted by atomic mass is 10.1. The van der Waals surface area contributed by atoms with Gasteiger partial charge in [0.2, 0.25) is 5.91 Å². The van der Waals surface area contributed by atoms with Gasteiger partial charge in [-0.25, -0.2) is 9.78 Å². The van der Waals surface area contributed by atoms with Gasteiger partial charge < -0.3 is 20.1 Å². The number of nitrogens with zero attached hydrogens (tertiary/aromatic N) is 3. The first-order chi connectivity index (χ1) is 14.3. The molecule has 1 aromatic carbocycles. The number of carbonyl (C=O) groups is 2. The number of rotatable bonds is 8. The lowest BCUT2D eigenvalue weighted by molar-refractivity contribution is -0.152. The Kier molecular flexibility index (Phi) is 6.87. The van der Waals surface area contributed by atoms with Gasteiger partial charge in [0.25, 0.3) is 0 Å². The largest absolute Gasteiger partial charge is 0.478 e. The molecule has 1 saturated heterocycles. The predicted molar refractivity (Wildman–Crippen MR) is 114 cm³/mol. The summed E-state index contributed by atoms with van der Waals surface area (Å²) in [5, 5.41) is 12.0. The molecule has 0 radical (unpaired) electrons. The second-order valence-electron chi connectivity index (χ2n) is 7.92. The summed E-state index contributed by atoms with van der Waals surface area (Å²) in [4.78, 5) is 34.4. The summed E-state index contributed by atoms with van der Waals surface area (Å²) in [7, 11) is 0. The molecule has 0 atom stereocenters. The zero-order valence-corrected chi connectivity index (χ0v) is 17.4. The molecule has 3 rings (SSSR count). The van der Waals surface area contributed by atoms with E-state index in [4.69, 9.17) is 9.84 Å². The summed E-state index contributed by atoms with van der Waals surface area (Å²) in [6.07, 6.45) is 7.68. The molecule has 2 N–H and O–H groups in total. The van der Waals surface area contributed by atoms with Crippen molar-refractivity contribution >= 4 is 23.5 Å². The van der Waals surface area contributed by atoms with Gasteiger partial charge in [-0.05, 0) is 57.2 Å². The summed E-state index contributed by atoms with van der Waals surface area (Å²) >= 11 is 0. The molecular weight excluding hydrogens is 384 g/mol. The number of carboxylic acid groups (broad SMARTS) is 1. The molecule has 1 aromatic heterocycles. The van der Waals surface area contributed by atoms with Crippen molar-refractivity contribution in [1.29, 1.82) is 0 Å². The smallest absolute Gasteiger partial charge is 0.347 e. The van der Waals surface area contributed by atoms with Crippen LogP contribution in [0.2, 0.25) is 0 Å². The van der Waals surface area contributed by atoms with Crippen molar-refractivity contribution in [2.24, 2.45) is 0 Å². The highest BCUT2D eigenvalue weighted by molar-refractivity contribution is 5.89. The van der Waals surface area contributed by atoms with Crippen molar-refractivity contribution in [3.63, 3.8) is 0 Å². The van der Waals surface area contributed by atoms with Gasteiger partial charge in [-0.1, -0.05) is 12.1 Å². The topological polar surface area (TPSA) is 105 Å². The van der Waals surface area contributed by atoms with Gasteiger partial charge in [-0.3, -0.25) is 9.78 Å². The molecule has 160 valence electrons. The standard InChI is InChI=1S/C22H28N4O4/c1-22(2,21(28)29)30-17-9-6-16(7-10-17)8-11-20(27)25-18-14-23-15-19(24-18)26-12-4-3-5-13-26/h6-7,9-10,14-15H,3-5,8,11-13H2,1-2H3,(H,28,29)(H,24,25,27). The maximum Gasteiger partial charge on any atom is 0.347 e. The van der Waals surface area contributed by atoms with E-state index in [1.54, 1.807) is 24.5 Å². The SMILES string of the molecule is CC(C)(Oc1ccc(CCC(=O)Nc2cncc(N3CCCCC3)n2)cc1)C(=O)O. The van der Waals surface area contributed by atoms with Crippen molar-refractivity contribution in [1.82, 2.24) is 9.97 Å². The molecule has 0 spiro atoms. The summed E-state index contributed by atoms with van der Waals surface area (Å²) in [6, 6.07) is 7.09. The second kappa shape index (κ2) is 9.56. The van der Waals surface area contributed by atoms with E-state index in [1.165, 1.54) is 20.3 Å². The Morgan fingerprint density at radius 2 is 1.83 bits per heavy atom. The number of nitrogens with one attached hydrogen (secondary N) is 1. The van der Waals surface area contributed by atoms with Crippen LogP contribution in [0.25, 0.3) is 0 Å². The quantitative estimate of drug-likeness (QED) is 0.685. The number of aromatic nitrogens is 2. The molecule has 8 heteroatoms. The van der Waals surface area contributed by atoms with Gasteiger partial charge >= 0.3 is 5.97 Å². The van der Waals surface area contributed by atoms with Crippen LogP contribution in [-0.2, 0) is 16.0 Å². The predicted octanol–water partition coefficient (Wildman–Crippen LogP) is 3.28. The van der Waals surface area contributed by atoms with E-state index in [2.05, 4.69) is 20.2 Å². The highest BCUT2D eigenvalue weighted by atomic mass is 16.5. The minimum atomic E-state index is -1.30. The van der Waals surface area contributed by atoms with Crippen LogP contribution < -0.4 is 15.0 Å². The fourth-order valence-electron chi connectivity index (χ4n) is 3.22. The molecule has 0 bridgehead atoms. The number of carboxylic acids is 1. The van der Waals surface area contributed by atoms with Gasteiger partial charge in [0.1, 0.15) is 11.6 Å². The molecule has 1 aliphatic heterocycles. The first-order valence-corrected chi connectivity index (χ1v) is 10.2. The van der Waals surface area contributed by atoms with Crippen LogP contribution in [0.3, 0.4) is 0 Å². The summed E-state index contributed by atoms with van der Waals surface area (Å²) in [5.74, 6) is 0.568. The Bertz CT molecular complexity index is 877. The highest BCUT2D eigenvalue weighted by Gasteiger charge is 2.29. The van der Waals surface area contributed by atoms with Crippen molar-refractivity contribution in [3.05, 3.63) is 42.2 Å². The van der Waals surface area contributed by atoms with Gasteiger partial charge in [-0.2, -0.15) is 0 Å². The fraction of sp³-hybridized carbons (Fsp3) is 0.455. The maximum atomic E-state index is 12.3. The van der Waals surface area contributed by atoms with Crippen LogP contribution in [0.5, 0.6) is 5.75 Å². The van der Waals surface area contributed by atoms with Gasteiger partial charge in [0.05, 0.1) is 12.4 Å². The van der Waals surface area contributed by atoms with Crippen molar-refractivity contribution in [3.8, 4) is 5.75 Å². The Labute approximate surface area is 176 Å². The summed E-state index contributed by atoms with van der Waals surface area (Å²) in [6.45, 7) is 4.93. The lowest BCUT2D eigenvalue weighted by Crippen LogP contribution is -2.37. The maximum absolute atomic E-state index is 12.3. The first kappa shape index (κ1) is 21.5. The van der Waals surface area contributed by atoms with Crippen LogP contribution in [-0.4, -0.2) is 45.6 Å². The number of anilines is 2. The molecule has 0 saturated carbocycles. The number of hydrogen-bond acceptors (Lipinski definition) is 6. The lowest BCUT2D eigenvalue weighted by Gasteiger charge is -2.27. The fourth-order valence-corrected chi connectivity index (χ4v) is 3.22. The Morgan fingerprint density at radius 1 is 1.13 bits per heavy atom. The van der Waals surface area contributed by atoms with Crippen LogP contribution >= 0.6 is 0 Å². The zero-order valence-electron chi connectivity index (χ0n) is 17.4.